The van der Waals surface area contributed by atoms with E-state index in [1.807, 2.05) is 18.2 Å². The molecule has 152 valence electrons. The van der Waals surface area contributed by atoms with E-state index in [1.165, 1.54) is 0 Å². The zero-order valence-electron chi connectivity index (χ0n) is 17.2. The van der Waals surface area contributed by atoms with Crippen LogP contribution >= 0.6 is 0 Å². The van der Waals surface area contributed by atoms with Gasteiger partial charge < -0.3 is 24.8 Å². The summed E-state index contributed by atoms with van der Waals surface area (Å²) in [5.74, 6) is 2.27. The highest BCUT2D eigenvalue weighted by Crippen LogP contribution is 2.27. The molecule has 1 aliphatic rings. The van der Waals surface area contributed by atoms with Gasteiger partial charge in [-0.2, -0.15) is 0 Å². The highest BCUT2D eigenvalue weighted by Gasteiger charge is 2.23. The molecule has 2 rings (SSSR count). The van der Waals surface area contributed by atoms with E-state index in [2.05, 4.69) is 36.3 Å². The van der Waals surface area contributed by atoms with Crippen molar-refractivity contribution in [3.63, 3.8) is 0 Å². The van der Waals surface area contributed by atoms with Gasteiger partial charge in [0.25, 0.3) is 0 Å². The van der Waals surface area contributed by atoms with Gasteiger partial charge in [0.15, 0.2) is 17.5 Å². The van der Waals surface area contributed by atoms with Gasteiger partial charge in [-0.3, -0.25) is 4.90 Å². The van der Waals surface area contributed by atoms with Crippen LogP contribution in [0.4, 0.5) is 0 Å². The van der Waals surface area contributed by atoms with Crippen LogP contribution in [0.3, 0.4) is 0 Å². The Morgan fingerprint density at radius 1 is 1.30 bits per heavy atom. The van der Waals surface area contributed by atoms with Crippen LogP contribution in [0.1, 0.15) is 26.3 Å². The van der Waals surface area contributed by atoms with Gasteiger partial charge in [0, 0.05) is 31.7 Å². The fourth-order valence-corrected chi connectivity index (χ4v) is 3.25. The maximum absolute atomic E-state index is 5.53. The summed E-state index contributed by atoms with van der Waals surface area (Å²) in [7, 11) is 3.28. The molecule has 2 atom stereocenters. The fraction of sp³-hybridized carbons (Fsp3) is 0.650. The summed E-state index contributed by atoms with van der Waals surface area (Å²) >= 11 is 0. The highest BCUT2D eigenvalue weighted by atomic mass is 16.5. The third-order valence-electron chi connectivity index (χ3n) is 4.76. The minimum Gasteiger partial charge on any atom is -0.493 e. The van der Waals surface area contributed by atoms with Crippen LogP contribution in [0.2, 0.25) is 0 Å². The van der Waals surface area contributed by atoms with Crippen LogP contribution < -0.4 is 20.1 Å². The van der Waals surface area contributed by atoms with Crippen molar-refractivity contribution < 1.29 is 14.2 Å². The van der Waals surface area contributed by atoms with Crippen molar-refractivity contribution in [2.75, 3.05) is 47.1 Å². The molecule has 0 aromatic heterocycles. The van der Waals surface area contributed by atoms with Crippen molar-refractivity contribution in [2.24, 2.45) is 4.99 Å². The number of hydrogen-bond acceptors (Lipinski definition) is 5. The standard InChI is InChI=1S/C20H34N4O3/c1-6-21-20(22-12-15(2)24-9-10-27-14-16(24)3)23-13-17-7-8-18(25-4)19(11-17)26-5/h7-8,11,15-16H,6,9-10,12-14H2,1-5H3,(H2,21,22,23). The highest BCUT2D eigenvalue weighted by molar-refractivity contribution is 5.79. The molecule has 0 saturated carbocycles. The second kappa shape index (κ2) is 11.0. The Morgan fingerprint density at radius 3 is 2.74 bits per heavy atom. The van der Waals surface area contributed by atoms with Gasteiger partial charge in [0.2, 0.25) is 0 Å². The van der Waals surface area contributed by atoms with Crippen molar-refractivity contribution in [1.82, 2.24) is 15.5 Å². The van der Waals surface area contributed by atoms with Gasteiger partial charge in [-0.05, 0) is 38.5 Å². The third kappa shape index (κ3) is 6.29. The topological polar surface area (TPSA) is 67.4 Å². The Labute approximate surface area is 163 Å². The Bertz CT molecular complexity index is 609. The number of guanidine groups is 1. The summed E-state index contributed by atoms with van der Waals surface area (Å²) in [5.41, 5.74) is 1.07. The van der Waals surface area contributed by atoms with Gasteiger partial charge in [-0.1, -0.05) is 6.07 Å². The molecular formula is C20H34N4O3. The molecule has 2 N–H and O–H groups in total. The molecule has 7 nitrogen and oxygen atoms in total. The molecule has 1 aromatic rings. The minimum atomic E-state index is 0.411. The zero-order chi connectivity index (χ0) is 19.6. The number of nitrogens with zero attached hydrogens (tertiary/aromatic N) is 2. The molecule has 7 heteroatoms. The van der Waals surface area contributed by atoms with Crippen molar-refractivity contribution in [3.05, 3.63) is 23.8 Å². The molecule has 0 spiro atoms. The predicted molar refractivity (Wildman–Crippen MR) is 109 cm³/mol. The Balaban J connectivity index is 1.95. The first-order valence-electron chi connectivity index (χ1n) is 9.65. The molecule has 1 saturated heterocycles. The van der Waals surface area contributed by atoms with E-state index in [0.29, 0.717) is 18.6 Å². The van der Waals surface area contributed by atoms with Gasteiger partial charge in [-0.15, -0.1) is 0 Å². The second-order valence-electron chi connectivity index (χ2n) is 6.78. The van der Waals surface area contributed by atoms with Crippen molar-refractivity contribution in [3.8, 4) is 11.5 Å². The van der Waals surface area contributed by atoms with Crippen LogP contribution in [0, 0.1) is 0 Å². The van der Waals surface area contributed by atoms with Crippen molar-refractivity contribution >= 4 is 5.96 Å². The number of hydrogen-bond donors (Lipinski definition) is 2. The second-order valence-corrected chi connectivity index (χ2v) is 6.78. The molecule has 1 heterocycles. The number of aliphatic imine (C=N–C) groups is 1. The number of morpholine rings is 1. The van der Waals surface area contributed by atoms with Crippen molar-refractivity contribution in [1.29, 1.82) is 0 Å². The lowest BCUT2D eigenvalue weighted by atomic mass is 10.2. The Kier molecular flexibility index (Phi) is 8.67. The number of benzene rings is 1. The fourth-order valence-electron chi connectivity index (χ4n) is 3.25. The van der Waals surface area contributed by atoms with Crippen LogP contribution in [-0.2, 0) is 11.3 Å². The Morgan fingerprint density at radius 2 is 2.07 bits per heavy atom. The average molecular weight is 379 g/mol. The van der Waals surface area contributed by atoms with Crippen LogP contribution in [-0.4, -0.2) is 70.0 Å². The molecule has 27 heavy (non-hydrogen) atoms. The average Bonchev–Trinajstić information content (AvgIpc) is 2.69. The first kappa shape index (κ1) is 21.3. The summed E-state index contributed by atoms with van der Waals surface area (Å²) in [6.07, 6.45) is 0. The van der Waals surface area contributed by atoms with E-state index >= 15 is 0 Å². The zero-order valence-corrected chi connectivity index (χ0v) is 17.2. The van der Waals surface area contributed by atoms with Gasteiger partial charge in [0.1, 0.15) is 0 Å². The molecule has 1 fully saturated rings. The lowest BCUT2D eigenvalue weighted by Gasteiger charge is -2.38. The van der Waals surface area contributed by atoms with Crippen molar-refractivity contribution in [2.45, 2.75) is 39.4 Å². The molecular weight excluding hydrogens is 344 g/mol. The Hall–Kier alpha value is -1.99. The summed E-state index contributed by atoms with van der Waals surface area (Å²) in [5, 5.41) is 6.77. The normalized spacial score (nSPS) is 19.4. The monoisotopic (exact) mass is 378 g/mol. The van der Waals surface area contributed by atoms with Crippen LogP contribution in [0.5, 0.6) is 11.5 Å². The van der Waals surface area contributed by atoms with E-state index in [-0.39, 0.29) is 0 Å². The summed E-state index contributed by atoms with van der Waals surface area (Å²) in [6.45, 7) is 11.3. The number of ether oxygens (including phenoxy) is 3. The van der Waals surface area contributed by atoms with Gasteiger partial charge in [-0.25, -0.2) is 4.99 Å². The maximum Gasteiger partial charge on any atom is 0.191 e. The summed E-state index contributed by atoms with van der Waals surface area (Å²) in [6, 6.07) is 6.73. The predicted octanol–water partition coefficient (Wildman–Crippen LogP) is 1.87. The molecule has 0 aliphatic carbocycles. The van der Waals surface area contributed by atoms with E-state index in [1.54, 1.807) is 14.2 Å². The van der Waals surface area contributed by atoms with E-state index in [0.717, 1.165) is 55.9 Å². The first-order chi connectivity index (χ1) is 13.1. The SMILES string of the molecule is CCNC(=NCc1ccc(OC)c(OC)c1)NCC(C)N1CCOCC1C. The molecule has 1 aromatic carbocycles. The number of nitrogens with one attached hydrogen (secondary N) is 2. The van der Waals surface area contributed by atoms with Gasteiger partial charge in [0.05, 0.1) is 34.0 Å². The molecule has 1 aliphatic heterocycles. The lowest BCUT2D eigenvalue weighted by molar-refractivity contribution is -0.0174. The van der Waals surface area contributed by atoms with Crippen LogP contribution in [0.15, 0.2) is 23.2 Å². The lowest BCUT2D eigenvalue weighted by Crippen LogP contribution is -2.53. The molecule has 0 bridgehead atoms. The first-order valence-corrected chi connectivity index (χ1v) is 9.65. The summed E-state index contributed by atoms with van der Waals surface area (Å²) in [4.78, 5) is 7.19. The van der Waals surface area contributed by atoms with Gasteiger partial charge >= 0.3 is 0 Å². The maximum atomic E-state index is 5.53. The summed E-state index contributed by atoms with van der Waals surface area (Å²) < 4.78 is 16.2. The third-order valence-corrected chi connectivity index (χ3v) is 4.76. The quantitative estimate of drug-likeness (QED) is 0.532. The molecule has 0 amide bonds. The minimum absolute atomic E-state index is 0.411. The van der Waals surface area contributed by atoms with E-state index in [4.69, 9.17) is 19.2 Å². The van der Waals surface area contributed by atoms with Crippen LogP contribution in [0.25, 0.3) is 0 Å². The smallest absolute Gasteiger partial charge is 0.191 e. The molecule has 2 unspecified atom stereocenters. The van der Waals surface area contributed by atoms with E-state index < -0.39 is 0 Å². The largest absolute Gasteiger partial charge is 0.493 e. The molecule has 0 radical (unpaired) electrons. The van der Waals surface area contributed by atoms with E-state index in [9.17, 15) is 0 Å². The number of rotatable bonds is 8. The number of methoxy groups -OCH3 is 2.